The van der Waals surface area contributed by atoms with Gasteiger partial charge in [-0.3, -0.25) is 0 Å². The largest absolute Gasteiger partial charge is 0.396 e. The molecule has 1 aromatic carbocycles. The fraction of sp³-hybridized carbons (Fsp3) is 0.571. The van der Waals surface area contributed by atoms with Gasteiger partial charge in [-0.2, -0.15) is 0 Å². The van der Waals surface area contributed by atoms with Crippen molar-refractivity contribution >= 4 is 0 Å². The van der Waals surface area contributed by atoms with Gasteiger partial charge in [-0.1, -0.05) is 44.7 Å². The van der Waals surface area contributed by atoms with Gasteiger partial charge in [0.1, 0.15) is 5.82 Å². The summed E-state index contributed by atoms with van der Waals surface area (Å²) in [6, 6.07) is 6.57. The second-order valence-electron chi connectivity index (χ2n) is 4.28. The highest BCUT2D eigenvalue weighted by atomic mass is 19.1. The summed E-state index contributed by atoms with van der Waals surface area (Å²) in [5, 5.41) is 9.30. The highest BCUT2D eigenvalue weighted by Gasteiger charge is 2.10. The zero-order valence-electron chi connectivity index (χ0n) is 9.95. The Morgan fingerprint density at radius 3 is 2.69 bits per heavy atom. The van der Waals surface area contributed by atoms with Crippen LogP contribution in [-0.4, -0.2) is 11.7 Å². The first-order valence-electron chi connectivity index (χ1n) is 6.14. The topological polar surface area (TPSA) is 20.2 Å². The highest BCUT2D eigenvalue weighted by molar-refractivity contribution is 5.20. The number of aliphatic hydroxyl groups excluding tert-OH is 1. The Hall–Kier alpha value is -0.890. The Labute approximate surface area is 97.3 Å². The summed E-state index contributed by atoms with van der Waals surface area (Å²) in [6.07, 6.45) is 5.70. The molecule has 0 aliphatic rings. The van der Waals surface area contributed by atoms with Crippen LogP contribution in [0.2, 0.25) is 0 Å². The summed E-state index contributed by atoms with van der Waals surface area (Å²) in [5.74, 6) is -0.128. The van der Waals surface area contributed by atoms with Gasteiger partial charge < -0.3 is 5.11 Å². The van der Waals surface area contributed by atoms with E-state index in [2.05, 4.69) is 6.92 Å². The van der Waals surface area contributed by atoms with Gasteiger partial charge in [0.15, 0.2) is 0 Å². The average molecular weight is 224 g/mol. The Kier molecular flexibility index (Phi) is 6.09. The highest BCUT2D eigenvalue weighted by Crippen LogP contribution is 2.22. The number of unbranched alkanes of at least 4 members (excludes halogenated alkanes) is 3. The van der Waals surface area contributed by atoms with Crippen molar-refractivity contribution < 1.29 is 9.50 Å². The van der Waals surface area contributed by atoms with Crippen LogP contribution in [0.5, 0.6) is 0 Å². The molecule has 1 atom stereocenters. The Morgan fingerprint density at radius 2 is 2.06 bits per heavy atom. The molecule has 1 nitrogen and oxygen atoms in total. The van der Waals surface area contributed by atoms with Crippen molar-refractivity contribution in [3.8, 4) is 0 Å². The van der Waals surface area contributed by atoms with Crippen molar-refractivity contribution in [1.29, 1.82) is 0 Å². The molecule has 0 saturated carbocycles. The molecular formula is C14H21FO. The monoisotopic (exact) mass is 224 g/mol. The predicted molar refractivity (Wildman–Crippen MR) is 65.0 cm³/mol. The molecule has 2 heteroatoms. The van der Waals surface area contributed by atoms with E-state index in [-0.39, 0.29) is 18.3 Å². The number of halogens is 1. The maximum Gasteiger partial charge on any atom is 0.123 e. The van der Waals surface area contributed by atoms with E-state index in [1.54, 1.807) is 6.07 Å². The lowest BCUT2D eigenvalue weighted by Gasteiger charge is -2.14. The second kappa shape index (κ2) is 7.39. The van der Waals surface area contributed by atoms with Crippen LogP contribution < -0.4 is 0 Å². The lowest BCUT2D eigenvalue weighted by Crippen LogP contribution is -2.04. The van der Waals surface area contributed by atoms with Crippen molar-refractivity contribution in [2.45, 2.75) is 44.9 Å². The molecule has 1 rings (SSSR count). The minimum atomic E-state index is -0.218. The Balaban J connectivity index is 2.47. The van der Waals surface area contributed by atoms with Crippen LogP contribution in [0.25, 0.3) is 0 Å². The SMILES string of the molecule is CCCCCCC(CO)c1cccc(F)c1. The van der Waals surface area contributed by atoms with E-state index >= 15 is 0 Å². The van der Waals surface area contributed by atoms with Crippen LogP contribution in [-0.2, 0) is 0 Å². The summed E-state index contributed by atoms with van der Waals surface area (Å²) < 4.78 is 13.0. The number of aliphatic hydroxyl groups is 1. The molecule has 0 aliphatic carbocycles. The lowest BCUT2D eigenvalue weighted by molar-refractivity contribution is 0.256. The van der Waals surface area contributed by atoms with Crippen molar-refractivity contribution in [1.82, 2.24) is 0 Å². The fourth-order valence-electron chi connectivity index (χ4n) is 1.94. The third-order valence-corrected chi connectivity index (χ3v) is 2.95. The summed E-state index contributed by atoms with van der Waals surface area (Å²) in [7, 11) is 0. The minimum Gasteiger partial charge on any atom is -0.396 e. The minimum absolute atomic E-state index is 0.0903. The lowest BCUT2D eigenvalue weighted by atomic mass is 9.94. The molecule has 0 amide bonds. The van der Waals surface area contributed by atoms with E-state index in [1.807, 2.05) is 6.07 Å². The molecule has 1 aromatic rings. The van der Waals surface area contributed by atoms with E-state index in [1.165, 1.54) is 31.4 Å². The maximum atomic E-state index is 13.0. The van der Waals surface area contributed by atoms with Crippen molar-refractivity contribution in [2.75, 3.05) is 6.61 Å². The van der Waals surface area contributed by atoms with E-state index in [0.717, 1.165) is 18.4 Å². The van der Waals surface area contributed by atoms with E-state index in [4.69, 9.17) is 0 Å². The van der Waals surface area contributed by atoms with Crippen molar-refractivity contribution in [3.05, 3.63) is 35.6 Å². The average Bonchev–Trinajstić information content (AvgIpc) is 2.29. The molecule has 0 radical (unpaired) electrons. The zero-order chi connectivity index (χ0) is 11.8. The van der Waals surface area contributed by atoms with Gasteiger partial charge in [-0.05, 0) is 24.1 Å². The second-order valence-corrected chi connectivity index (χ2v) is 4.28. The third kappa shape index (κ3) is 4.31. The standard InChI is InChI=1S/C14H21FO/c1-2-3-4-5-7-13(11-16)12-8-6-9-14(15)10-12/h6,8-10,13,16H,2-5,7,11H2,1H3. The maximum absolute atomic E-state index is 13.0. The summed E-state index contributed by atoms with van der Waals surface area (Å²) in [5.41, 5.74) is 0.916. The normalized spacial score (nSPS) is 12.7. The van der Waals surface area contributed by atoms with Crippen LogP contribution in [0.1, 0.15) is 50.5 Å². The van der Waals surface area contributed by atoms with Gasteiger partial charge in [-0.25, -0.2) is 4.39 Å². The molecule has 90 valence electrons. The quantitative estimate of drug-likeness (QED) is 0.697. The molecule has 0 spiro atoms. The predicted octanol–water partition coefficient (Wildman–Crippen LogP) is 3.87. The van der Waals surface area contributed by atoms with Gasteiger partial charge in [0.2, 0.25) is 0 Å². The van der Waals surface area contributed by atoms with Gasteiger partial charge in [-0.15, -0.1) is 0 Å². The molecule has 1 N–H and O–H groups in total. The molecule has 0 bridgehead atoms. The van der Waals surface area contributed by atoms with E-state index in [0.29, 0.717) is 0 Å². The number of rotatable bonds is 7. The molecule has 0 aromatic heterocycles. The molecular weight excluding hydrogens is 203 g/mol. The first-order chi connectivity index (χ1) is 7.77. The van der Waals surface area contributed by atoms with Crippen LogP contribution in [0, 0.1) is 5.82 Å². The molecule has 0 fully saturated rings. The molecule has 0 saturated heterocycles. The van der Waals surface area contributed by atoms with Crippen LogP contribution >= 0.6 is 0 Å². The van der Waals surface area contributed by atoms with Crippen molar-refractivity contribution in [2.24, 2.45) is 0 Å². The zero-order valence-corrected chi connectivity index (χ0v) is 9.95. The summed E-state index contributed by atoms with van der Waals surface area (Å²) in [4.78, 5) is 0. The molecule has 0 aliphatic heterocycles. The van der Waals surface area contributed by atoms with E-state index < -0.39 is 0 Å². The van der Waals surface area contributed by atoms with Gasteiger partial charge in [0, 0.05) is 12.5 Å². The first-order valence-corrected chi connectivity index (χ1v) is 6.14. The molecule has 1 unspecified atom stereocenters. The van der Waals surface area contributed by atoms with E-state index in [9.17, 15) is 9.50 Å². The fourth-order valence-corrected chi connectivity index (χ4v) is 1.94. The number of benzene rings is 1. The van der Waals surface area contributed by atoms with Gasteiger partial charge in [0.25, 0.3) is 0 Å². The first kappa shape index (κ1) is 13.2. The Morgan fingerprint density at radius 1 is 1.25 bits per heavy atom. The summed E-state index contributed by atoms with van der Waals surface area (Å²) in [6.45, 7) is 2.28. The number of hydrogen-bond donors (Lipinski definition) is 1. The molecule has 16 heavy (non-hydrogen) atoms. The summed E-state index contributed by atoms with van der Waals surface area (Å²) >= 11 is 0. The van der Waals surface area contributed by atoms with Crippen molar-refractivity contribution in [3.63, 3.8) is 0 Å². The Bertz CT molecular complexity index is 299. The van der Waals surface area contributed by atoms with Crippen LogP contribution in [0.4, 0.5) is 4.39 Å². The number of hydrogen-bond acceptors (Lipinski definition) is 1. The smallest absolute Gasteiger partial charge is 0.123 e. The van der Waals surface area contributed by atoms with Crippen LogP contribution in [0.15, 0.2) is 24.3 Å². The third-order valence-electron chi connectivity index (χ3n) is 2.95. The molecule has 0 heterocycles. The van der Waals surface area contributed by atoms with Crippen LogP contribution in [0.3, 0.4) is 0 Å². The van der Waals surface area contributed by atoms with Gasteiger partial charge in [0.05, 0.1) is 0 Å². The van der Waals surface area contributed by atoms with Gasteiger partial charge >= 0.3 is 0 Å².